The first-order valence-electron chi connectivity index (χ1n) is 6.55. The first-order valence-corrected chi connectivity index (χ1v) is 7.43. The Kier molecular flexibility index (Phi) is 4.84. The lowest BCUT2D eigenvalue weighted by atomic mass is 10.1. The number of aliphatic hydroxyl groups excluding tert-OH is 1. The quantitative estimate of drug-likeness (QED) is 0.874. The molecule has 3 heteroatoms. The van der Waals surface area contributed by atoms with Gasteiger partial charge in [0.15, 0.2) is 0 Å². The molecule has 0 saturated carbocycles. The van der Waals surface area contributed by atoms with E-state index in [1.165, 1.54) is 21.7 Å². The van der Waals surface area contributed by atoms with E-state index in [4.69, 9.17) is 5.11 Å². The van der Waals surface area contributed by atoms with E-state index in [-0.39, 0.29) is 6.61 Å². The van der Waals surface area contributed by atoms with Gasteiger partial charge in [-0.2, -0.15) is 0 Å². The summed E-state index contributed by atoms with van der Waals surface area (Å²) in [5.74, 6) is 5.62. The summed E-state index contributed by atoms with van der Waals surface area (Å²) >= 11 is 1.71. The average Bonchev–Trinajstić information content (AvgIpc) is 2.83. The van der Waals surface area contributed by atoms with E-state index < -0.39 is 0 Å². The molecule has 0 atom stereocenters. The summed E-state index contributed by atoms with van der Waals surface area (Å²) in [5.41, 5.74) is 4.82. The summed E-state index contributed by atoms with van der Waals surface area (Å²) < 4.78 is 0. The fourth-order valence-corrected chi connectivity index (χ4v) is 3.09. The largest absolute Gasteiger partial charge is 0.384 e. The molecule has 1 heterocycles. The van der Waals surface area contributed by atoms with Gasteiger partial charge in [0, 0.05) is 28.6 Å². The number of hydrogen-bond donors (Lipinski definition) is 1. The Bertz CT molecular complexity index is 648. The third-order valence-corrected chi connectivity index (χ3v) is 4.04. The van der Waals surface area contributed by atoms with E-state index >= 15 is 0 Å². The number of benzene rings is 1. The van der Waals surface area contributed by atoms with Crippen LogP contribution in [-0.2, 0) is 6.54 Å². The molecule has 0 aliphatic heterocycles. The predicted octanol–water partition coefficient (Wildman–Crippen LogP) is 3.35. The Morgan fingerprint density at radius 1 is 1.25 bits per heavy atom. The molecule has 2 aromatic rings. The second-order valence-electron chi connectivity index (χ2n) is 4.91. The first kappa shape index (κ1) is 14.6. The molecule has 0 bridgehead atoms. The number of nitrogens with zero attached hydrogens (tertiary/aromatic N) is 1. The minimum Gasteiger partial charge on any atom is -0.384 e. The van der Waals surface area contributed by atoms with Crippen molar-refractivity contribution in [1.82, 2.24) is 0 Å². The van der Waals surface area contributed by atoms with Crippen molar-refractivity contribution in [3.8, 4) is 11.8 Å². The Morgan fingerprint density at radius 2 is 2.05 bits per heavy atom. The fourth-order valence-electron chi connectivity index (χ4n) is 2.22. The van der Waals surface area contributed by atoms with Gasteiger partial charge in [0.1, 0.15) is 6.61 Å². The molecule has 0 aliphatic carbocycles. The molecule has 1 N–H and O–H groups in total. The van der Waals surface area contributed by atoms with Crippen molar-refractivity contribution in [3.05, 3.63) is 51.2 Å². The van der Waals surface area contributed by atoms with E-state index in [1.54, 1.807) is 11.3 Å². The van der Waals surface area contributed by atoms with Crippen LogP contribution in [0.2, 0.25) is 0 Å². The van der Waals surface area contributed by atoms with Gasteiger partial charge in [-0.3, -0.25) is 0 Å². The minimum absolute atomic E-state index is 0.0896. The maximum Gasteiger partial charge on any atom is 0.104 e. The van der Waals surface area contributed by atoms with Crippen molar-refractivity contribution in [2.24, 2.45) is 0 Å². The van der Waals surface area contributed by atoms with Gasteiger partial charge < -0.3 is 10.0 Å². The first-order chi connectivity index (χ1) is 9.60. The van der Waals surface area contributed by atoms with E-state index in [2.05, 4.69) is 61.9 Å². The van der Waals surface area contributed by atoms with Crippen LogP contribution in [0.15, 0.2) is 29.6 Å². The molecule has 2 nitrogen and oxygen atoms in total. The number of aryl methyl sites for hydroxylation is 2. The third kappa shape index (κ3) is 3.63. The molecule has 104 valence electrons. The van der Waals surface area contributed by atoms with Gasteiger partial charge in [-0.15, -0.1) is 11.3 Å². The summed E-state index contributed by atoms with van der Waals surface area (Å²) in [6.07, 6.45) is 0. The van der Waals surface area contributed by atoms with Crippen LogP contribution in [0.1, 0.15) is 21.6 Å². The molecule has 0 unspecified atom stereocenters. The van der Waals surface area contributed by atoms with Crippen molar-refractivity contribution in [3.63, 3.8) is 0 Å². The lowest BCUT2D eigenvalue weighted by Gasteiger charge is -2.21. The zero-order valence-corrected chi connectivity index (χ0v) is 12.9. The average molecular weight is 285 g/mol. The normalized spacial score (nSPS) is 10.0. The number of thiophene rings is 1. The highest BCUT2D eigenvalue weighted by atomic mass is 32.1. The summed E-state index contributed by atoms with van der Waals surface area (Å²) in [5, 5.41) is 10.7. The van der Waals surface area contributed by atoms with Crippen LogP contribution in [0.5, 0.6) is 0 Å². The second kappa shape index (κ2) is 6.60. The van der Waals surface area contributed by atoms with Crippen molar-refractivity contribution in [2.45, 2.75) is 20.4 Å². The summed E-state index contributed by atoms with van der Waals surface area (Å²) in [6, 6.07) is 8.61. The van der Waals surface area contributed by atoms with E-state index in [1.807, 2.05) is 5.38 Å². The van der Waals surface area contributed by atoms with E-state index in [0.29, 0.717) is 0 Å². The summed E-state index contributed by atoms with van der Waals surface area (Å²) in [7, 11) is 2.11. The van der Waals surface area contributed by atoms with Crippen molar-refractivity contribution < 1.29 is 5.11 Å². The van der Waals surface area contributed by atoms with E-state index in [0.717, 1.165) is 12.1 Å². The van der Waals surface area contributed by atoms with Crippen LogP contribution in [0, 0.1) is 25.7 Å². The standard InChI is InChI=1S/C17H19NOS/c1-13-6-7-17(14(2)9-13)18(3)11-16-10-15(12-20-16)5-4-8-19/h6-7,9-10,12,19H,8,11H2,1-3H3. The zero-order chi connectivity index (χ0) is 14.5. The molecule has 0 saturated heterocycles. The molecule has 0 amide bonds. The second-order valence-corrected chi connectivity index (χ2v) is 5.90. The Morgan fingerprint density at radius 3 is 2.75 bits per heavy atom. The van der Waals surface area contributed by atoms with Gasteiger partial charge in [0.2, 0.25) is 0 Å². The third-order valence-electron chi connectivity index (χ3n) is 3.12. The number of anilines is 1. The minimum atomic E-state index is -0.0896. The van der Waals surface area contributed by atoms with Crippen LogP contribution in [0.4, 0.5) is 5.69 Å². The van der Waals surface area contributed by atoms with E-state index in [9.17, 15) is 0 Å². The molecule has 0 aliphatic rings. The lowest BCUT2D eigenvalue weighted by molar-refractivity contribution is 0.350. The highest BCUT2D eigenvalue weighted by Gasteiger charge is 2.07. The molecule has 0 spiro atoms. The molecular formula is C17H19NOS. The van der Waals surface area contributed by atoms with Gasteiger partial charge in [-0.25, -0.2) is 0 Å². The van der Waals surface area contributed by atoms with Crippen molar-refractivity contribution in [1.29, 1.82) is 0 Å². The molecule has 0 radical (unpaired) electrons. The Balaban J connectivity index is 2.11. The number of rotatable bonds is 3. The SMILES string of the molecule is Cc1ccc(N(C)Cc2cc(C#CCO)cs2)c(C)c1. The van der Waals surface area contributed by atoms with Gasteiger partial charge in [0.05, 0.1) is 6.54 Å². The lowest BCUT2D eigenvalue weighted by Crippen LogP contribution is -2.16. The highest BCUT2D eigenvalue weighted by molar-refractivity contribution is 7.10. The van der Waals surface area contributed by atoms with Gasteiger partial charge in [0.25, 0.3) is 0 Å². The van der Waals surface area contributed by atoms with Crippen LogP contribution < -0.4 is 4.90 Å². The molecular weight excluding hydrogens is 266 g/mol. The van der Waals surface area contributed by atoms with Crippen LogP contribution in [0.3, 0.4) is 0 Å². The summed E-state index contributed by atoms with van der Waals surface area (Å²) in [6.45, 7) is 5.04. The fraction of sp³-hybridized carbons (Fsp3) is 0.294. The number of hydrogen-bond acceptors (Lipinski definition) is 3. The van der Waals surface area contributed by atoms with Crippen LogP contribution >= 0.6 is 11.3 Å². The highest BCUT2D eigenvalue weighted by Crippen LogP contribution is 2.23. The molecule has 2 rings (SSSR count). The van der Waals surface area contributed by atoms with Gasteiger partial charge >= 0.3 is 0 Å². The van der Waals surface area contributed by atoms with Crippen LogP contribution in [0.25, 0.3) is 0 Å². The topological polar surface area (TPSA) is 23.5 Å². The zero-order valence-electron chi connectivity index (χ0n) is 12.1. The smallest absolute Gasteiger partial charge is 0.104 e. The summed E-state index contributed by atoms with van der Waals surface area (Å²) in [4.78, 5) is 3.53. The Labute approximate surface area is 124 Å². The molecule has 20 heavy (non-hydrogen) atoms. The van der Waals surface area contributed by atoms with Crippen LogP contribution in [-0.4, -0.2) is 18.8 Å². The van der Waals surface area contributed by atoms with Crippen molar-refractivity contribution >= 4 is 17.0 Å². The molecule has 1 aromatic carbocycles. The number of aliphatic hydroxyl groups is 1. The van der Waals surface area contributed by atoms with Gasteiger partial charge in [-0.1, -0.05) is 29.5 Å². The monoisotopic (exact) mass is 285 g/mol. The Hall–Kier alpha value is -1.76. The predicted molar refractivity (Wildman–Crippen MR) is 86.3 cm³/mol. The maximum atomic E-state index is 8.70. The van der Waals surface area contributed by atoms with Gasteiger partial charge in [-0.05, 0) is 31.5 Å². The molecule has 0 fully saturated rings. The maximum absolute atomic E-state index is 8.70. The van der Waals surface area contributed by atoms with Crippen molar-refractivity contribution in [2.75, 3.05) is 18.6 Å². The molecule has 1 aromatic heterocycles.